The van der Waals surface area contributed by atoms with Gasteiger partial charge >= 0.3 is 5.97 Å². The van der Waals surface area contributed by atoms with Crippen LogP contribution in [0.25, 0.3) is 0 Å². The first kappa shape index (κ1) is 19.4. The van der Waals surface area contributed by atoms with Crippen LogP contribution in [0.5, 0.6) is 0 Å². The molecule has 0 saturated carbocycles. The Labute approximate surface area is 163 Å². The largest absolute Gasteiger partial charge is 0.465 e. The molecule has 0 N–H and O–H groups in total. The molecule has 5 nitrogen and oxygen atoms in total. The van der Waals surface area contributed by atoms with E-state index in [0.717, 1.165) is 16.7 Å². The monoisotopic (exact) mass is 387 g/mol. The number of carbonyl (C=O) groups is 2. The lowest BCUT2D eigenvalue weighted by Crippen LogP contribution is -2.48. The molecule has 1 saturated heterocycles. The summed E-state index contributed by atoms with van der Waals surface area (Å²) >= 11 is 6.03. The fraction of sp³-hybridized carbons (Fsp3) is 0.333. The number of amides is 1. The smallest absolute Gasteiger partial charge is 0.325 e. The van der Waals surface area contributed by atoms with Crippen molar-refractivity contribution >= 4 is 23.5 Å². The first-order valence-electron chi connectivity index (χ1n) is 8.88. The van der Waals surface area contributed by atoms with Gasteiger partial charge in [-0.25, -0.2) is 0 Å². The quantitative estimate of drug-likeness (QED) is 0.731. The molecule has 27 heavy (non-hydrogen) atoms. The third-order valence-corrected chi connectivity index (χ3v) is 4.80. The van der Waals surface area contributed by atoms with E-state index in [1.165, 1.54) is 4.90 Å². The summed E-state index contributed by atoms with van der Waals surface area (Å²) in [4.78, 5) is 26.2. The van der Waals surface area contributed by atoms with Crippen molar-refractivity contribution < 1.29 is 19.1 Å². The number of carbonyl (C=O) groups excluding carboxylic acids is 2. The van der Waals surface area contributed by atoms with Gasteiger partial charge < -0.3 is 14.4 Å². The minimum Gasteiger partial charge on any atom is -0.465 e. The number of hydrogen-bond donors (Lipinski definition) is 0. The van der Waals surface area contributed by atoms with Gasteiger partial charge in [0.15, 0.2) is 0 Å². The van der Waals surface area contributed by atoms with E-state index in [4.69, 9.17) is 21.1 Å². The van der Waals surface area contributed by atoms with Crippen molar-refractivity contribution in [2.24, 2.45) is 0 Å². The van der Waals surface area contributed by atoms with Gasteiger partial charge in [-0.2, -0.15) is 0 Å². The number of benzene rings is 2. The van der Waals surface area contributed by atoms with E-state index in [2.05, 4.69) is 0 Å². The lowest BCUT2D eigenvalue weighted by molar-refractivity contribution is -0.166. The van der Waals surface area contributed by atoms with E-state index in [1.807, 2.05) is 43.3 Å². The molecule has 2 atom stereocenters. The maximum atomic E-state index is 12.6. The van der Waals surface area contributed by atoms with Gasteiger partial charge in [-0.3, -0.25) is 9.59 Å². The molecule has 1 aliphatic rings. The molecule has 2 unspecified atom stereocenters. The molecule has 1 fully saturated rings. The molecular formula is C21H22ClNO4. The standard InChI is InChI=1S/C21H22ClNO4/c1-3-26-19(25)12-23-18(24)13-27-21(16-6-4-14(2)5-7-16)20(23)15-8-10-17(22)11-9-15/h4-11,20-21H,3,12-13H2,1-2H3. The molecule has 0 spiro atoms. The Morgan fingerprint density at radius 1 is 1.15 bits per heavy atom. The zero-order valence-corrected chi connectivity index (χ0v) is 16.1. The Balaban J connectivity index is 2.00. The molecule has 0 aliphatic carbocycles. The maximum Gasteiger partial charge on any atom is 0.325 e. The van der Waals surface area contributed by atoms with Crippen molar-refractivity contribution in [1.29, 1.82) is 0 Å². The Bertz CT molecular complexity index is 804. The van der Waals surface area contributed by atoms with Gasteiger partial charge in [0.2, 0.25) is 5.91 Å². The minimum atomic E-state index is -0.448. The van der Waals surface area contributed by atoms with Crippen LogP contribution in [-0.4, -0.2) is 36.5 Å². The summed E-state index contributed by atoms with van der Waals surface area (Å²) in [6, 6.07) is 14.8. The van der Waals surface area contributed by atoms with Crippen LogP contribution in [0, 0.1) is 6.92 Å². The summed E-state index contributed by atoms with van der Waals surface area (Å²) in [6.45, 7) is 3.82. The first-order chi connectivity index (χ1) is 13.0. The Kier molecular flexibility index (Phi) is 6.14. The highest BCUT2D eigenvalue weighted by molar-refractivity contribution is 6.30. The van der Waals surface area contributed by atoms with Crippen molar-refractivity contribution in [3.05, 3.63) is 70.2 Å². The van der Waals surface area contributed by atoms with E-state index in [9.17, 15) is 9.59 Å². The van der Waals surface area contributed by atoms with Crippen molar-refractivity contribution in [3.63, 3.8) is 0 Å². The van der Waals surface area contributed by atoms with Crippen LogP contribution >= 0.6 is 11.6 Å². The highest BCUT2D eigenvalue weighted by Gasteiger charge is 2.39. The number of hydrogen-bond acceptors (Lipinski definition) is 4. The molecule has 6 heteroatoms. The number of rotatable bonds is 5. The molecule has 0 aromatic heterocycles. The summed E-state index contributed by atoms with van der Waals surface area (Å²) < 4.78 is 11.0. The number of ether oxygens (including phenoxy) is 2. The molecule has 1 amide bonds. The average molecular weight is 388 g/mol. The van der Waals surface area contributed by atoms with Gasteiger partial charge in [0.25, 0.3) is 0 Å². The Hall–Kier alpha value is -2.37. The van der Waals surface area contributed by atoms with Crippen molar-refractivity contribution in [2.45, 2.75) is 26.0 Å². The van der Waals surface area contributed by atoms with Crippen LogP contribution in [0.2, 0.25) is 5.02 Å². The molecule has 142 valence electrons. The lowest BCUT2D eigenvalue weighted by Gasteiger charge is -2.41. The highest BCUT2D eigenvalue weighted by atomic mass is 35.5. The SMILES string of the molecule is CCOC(=O)CN1C(=O)COC(c2ccc(C)cc2)C1c1ccc(Cl)cc1. The summed E-state index contributed by atoms with van der Waals surface area (Å²) in [7, 11) is 0. The zero-order chi connectivity index (χ0) is 19.4. The predicted molar refractivity (Wildman–Crippen MR) is 102 cm³/mol. The van der Waals surface area contributed by atoms with Crippen LogP contribution in [-0.2, 0) is 19.1 Å². The van der Waals surface area contributed by atoms with Gasteiger partial charge in [-0.15, -0.1) is 0 Å². The number of esters is 1. The molecular weight excluding hydrogens is 366 g/mol. The molecule has 2 aromatic carbocycles. The van der Waals surface area contributed by atoms with Crippen LogP contribution in [0.15, 0.2) is 48.5 Å². The first-order valence-corrected chi connectivity index (χ1v) is 9.26. The summed E-state index contributed by atoms with van der Waals surface area (Å²) in [5.41, 5.74) is 2.93. The van der Waals surface area contributed by atoms with Gasteiger partial charge in [-0.1, -0.05) is 53.6 Å². The molecule has 0 bridgehead atoms. The van der Waals surface area contributed by atoms with Gasteiger partial charge in [-0.05, 0) is 37.1 Å². The second-order valence-corrected chi connectivity index (χ2v) is 6.90. The fourth-order valence-corrected chi connectivity index (χ4v) is 3.36. The van der Waals surface area contributed by atoms with E-state index in [1.54, 1.807) is 19.1 Å². The van der Waals surface area contributed by atoms with Crippen LogP contribution in [0.1, 0.15) is 35.8 Å². The Morgan fingerprint density at radius 2 is 1.78 bits per heavy atom. The number of morpholine rings is 1. The van der Waals surface area contributed by atoms with Crippen LogP contribution in [0.3, 0.4) is 0 Å². The Morgan fingerprint density at radius 3 is 2.41 bits per heavy atom. The van der Waals surface area contributed by atoms with E-state index >= 15 is 0 Å². The van der Waals surface area contributed by atoms with Gasteiger partial charge in [0.1, 0.15) is 19.3 Å². The molecule has 2 aromatic rings. The molecule has 0 radical (unpaired) electrons. The van der Waals surface area contributed by atoms with E-state index < -0.39 is 12.0 Å². The van der Waals surface area contributed by atoms with E-state index in [-0.39, 0.29) is 31.8 Å². The second kappa shape index (κ2) is 8.55. The number of nitrogens with zero attached hydrogens (tertiary/aromatic N) is 1. The van der Waals surface area contributed by atoms with Crippen molar-refractivity contribution in [1.82, 2.24) is 4.90 Å². The van der Waals surface area contributed by atoms with E-state index in [0.29, 0.717) is 5.02 Å². The summed E-state index contributed by atoms with van der Waals surface area (Å²) in [6.07, 6.45) is -0.390. The molecule has 1 aliphatic heterocycles. The number of aryl methyl sites for hydroxylation is 1. The topological polar surface area (TPSA) is 55.8 Å². The predicted octanol–water partition coefficient (Wildman–Crippen LogP) is 3.85. The van der Waals surface area contributed by atoms with Crippen LogP contribution < -0.4 is 0 Å². The zero-order valence-electron chi connectivity index (χ0n) is 15.4. The second-order valence-electron chi connectivity index (χ2n) is 6.47. The third kappa shape index (κ3) is 4.49. The summed E-state index contributed by atoms with van der Waals surface area (Å²) in [5, 5.41) is 0.602. The molecule has 3 rings (SSSR count). The van der Waals surface area contributed by atoms with Crippen molar-refractivity contribution in [2.75, 3.05) is 19.8 Å². The summed E-state index contributed by atoms with van der Waals surface area (Å²) in [5.74, 6) is -0.680. The lowest BCUT2D eigenvalue weighted by atomic mass is 9.92. The third-order valence-electron chi connectivity index (χ3n) is 4.55. The number of halogens is 1. The van der Waals surface area contributed by atoms with Crippen LogP contribution in [0.4, 0.5) is 0 Å². The van der Waals surface area contributed by atoms with Gasteiger partial charge in [0.05, 0.1) is 12.6 Å². The minimum absolute atomic E-state index is 0.0813. The van der Waals surface area contributed by atoms with Gasteiger partial charge in [0, 0.05) is 5.02 Å². The molecule has 1 heterocycles. The fourth-order valence-electron chi connectivity index (χ4n) is 3.24. The normalized spacial score (nSPS) is 19.8. The highest BCUT2D eigenvalue weighted by Crippen LogP contribution is 2.40. The maximum absolute atomic E-state index is 12.6. The van der Waals surface area contributed by atoms with Crippen molar-refractivity contribution in [3.8, 4) is 0 Å². The average Bonchev–Trinajstić information content (AvgIpc) is 2.65.